The van der Waals surface area contributed by atoms with Gasteiger partial charge in [-0.15, -0.1) is 0 Å². The van der Waals surface area contributed by atoms with Crippen molar-refractivity contribution >= 4 is 17.6 Å². The first-order valence-electron chi connectivity index (χ1n) is 5.56. The predicted octanol–water partition coefficient (Wildman–Crippen LogP) is 1.99. The van der Waals surface area contributed by atoms with Crippen molar-refractivity contribution in [1.82, 2.24) is 0 Å². The molecule has 2 heterocycles. The van der Waals surface area contributed by atoms with Crippen molar-refractivity contribution in [1.29, 1.82) is 0 Å². The van der Waals surface area contributed by atoms with Crippen LogP contribution in [0.4, 0.5) is 5.69 Å². The molecular weight excluding hydrogens is 208 g/mol. The Morgan fingerprint density at radius 2 is 1.88 bits per heavy atom. The van der Waals surface area contributed by atoms with Gasteiger partial charge in [-0.1, -0.05) is 24.3 Å². The van der Waals surface area contributed by atoms with Crippen LogP contribution in [0.15, 0.2) is 46.4 Å². The molecule has 0 amide bonds. The van der Waals surface area contributed by atoms with Crippen LogP contribution < -0.4 is 10.6 Å². The predicted molar refractivity (Wildman–Crippen MR) is 68.7 cm³/mol. The summed E-state index contributed by atoms with van der Waals surface area (Å²) in [6.07, 6.45) is 1.90. The van der Waals surface area contributed by atoms with Gasteiger partial charge in [0, 0.05) is 33.8 Å². The van der Waals surface area contributed by atoms with E-state index in [0.29, 0.717) is 0 Å². The molecule has 0 unspecified atom stereocenters. The zero-order chi connectivity index (χ0) is 11.4. The third kappa shape index (κ3) is 1.04. The van der Waals surface area contributed by atoms with Crippen LogP contribution in [-0.2, 0) is 0 Å². The second-order valence-corrected chi connectivity index (χ2v) is 4.25. The maximum Gasteiger partial charge on any atom is 0.0723 e. The van der Waals surface area contributed by atoms with E-state index in [9.17, 15) is 0 Å². The molecule has 0 bridgehead atoms. The molecule has 2 aromatic rings. The molecule has 0 aromatic heterocycles. The van der Waals surface area contributed by atoms with Gasteiger partial charge in [0.05, 0.1) is 11.0 Å². The van der Waals surface area contributed by atoms with Crippen LogP contribution in [0.1, 0.15) is 5.56 Å². The lowest BCUT2D eigenvalue weighted by atomic mass is 9.99. The van der Waals surface area contributed by atoms with Crippen LogP contribution in [0, 0.1) is 6.92 Å². The number of rotatable bonds is 0. The van der Waals surface area contributed by atoms with Gasteiger partial charge in [0.15, 0.2) is 0 Å². The van der Waals surface area contributed by atoms with E-state index in [2.05, 4.69) is 29.0 Å². The van der Waals surface area contributed by atoms with Crippen molar-refractivity contribution in [3.05, 3.63) is 59.5 Å². The number of hydrogen-bond acceptors (Lipinski definition) is 2. The first kappa shape index (κ1) is 8.88. The summed E-state index contributed by atoms with van der Waals surface area (Å²) >= 11 is 0. The highest BCUT2D eigenvalue weighted by Gasteiger charge is 2.18. The minimum Gasteiger partial charge on any atom is -0.260 e. The quantitative estimate of drug-likeness (QED) is 0.550. The second-order valence-electron chi connectivity index (χ2n) is 4.25. The van der Waals surface area contributed by atoms with Gasteiger partial charge in [-0.25, -0.2) is 4.99 Å². The molecule has 2 aliphatic rings. The van der Waals surface area contributed by atoms with Gasteiger partial charge < -0.3 is 0 Å². The van der Waals surface area contributed by atoms with Crippen LogP contribution in [0.3, 0.4) is 0 Å². The highest BCUT2D eigenvalue weighted by atomic mass is 14.8. The van der Waals surface area contributed by atoms with Crippen LogP contribution in [0.5, 0.6) is 0 Å². The van der Waals surface area contributed by atoms with E-state index in [1.54, 1.807) is 0 Å². The van der Waals surface area contributed by atoms with E-state index in [0.717, 1.165) is 27.5 Å². The van der Waals surface area contributed by atoms with E-state index >= 15 is 0 Å². The molecule has 2 heteroatoms. The molecule has 4 rings (SSSR count). The third-order valence-corrected chi connectivity index (χ3v) is 3.30. The van der Waals surface area contributed by atoms with Gasteiger partial charge in [0.1, 0.15) is 0 Å². The van der Waals surface area contributed by atoms with Crippen molar-refractivity contribution in [2.75, 3.05) is 0 Å². The van der Waals surface area contributed by atoms with Crippen molar-refractivity contribution in [3.8, 4) is 11.1 Å². The molecule has 2 aliphatic heterocycles. The topological polar surface area (TPSA) is 24.7 Å². The van der Waals surface area contributed by atoms with Gasteiger partial charge in [-0.3, -0.25) is 4.99 Å². The Balaban J connectivity index is 2.21. The summed E-state index contributed by atoms with van der Waals surface area (Å²) in [6.45, 7) is 3.95. The molecule has 2 aromatic carbocycles. The van der Waals surface area contributed by atoms with Crippen LogP contribution >= 0.6 is 0 Å². The summed E-state index contributed by atoms with van der Waals surface area (Å²) in [6, 6.07) is 12.3. The molecular formula is C15H9N2. The third-order valence-electron chi connectivity index (χ3n) is 3.30. The van der Waals surface area contributed by atoms with Crippen molar-refractivity contribution < 1.29 is 0 Å². The van der Waals surface area contributed by atoms with Crippen LogP contribution in [0.2, 0.25) is 0 Å². The van der Waals surface area contributed by atoms with E-state index in [4.69, 9.17) is 0 Å². The summed E-state index contributed by atoms with van der Waals surface area (Å²) in [5.41, 5.74) is 5.43. The Hall–Kier alpha value is -2.22. The summed E-state index contributed by atoms with van der Waals surface area (Å²) in [4.78, 5) is 8.92. The number of nitrogens with zero attached hydrogens (tertiary/aromatic N) is 2. The normalized spacial score (nSPS) is 14.3. The van der Waals surface area contributed by atoms with Crippen LogP contribution in [0.25, 0.3) is 16.8 Å². The Morgan fingerprint density at radius 1 is 1.00 bits per heavy atom. The Labute approximate surface area is 98.7 Å². The SMILES string of the molecule is [CH2]C1=c2ccc3c(c2C=N1)-c1ccccc1N=3. The molecule has 2 nitrogen and oxygen atoms in total. The van der Waals surface area contributed by atoms with Gasteiger partial charge in [0.2, 0.25) is 0 Å². The van der Waals surface area contributed by atoms with Gasteiger partial charge in [-0.2, -0.15) is 0 Å². The lowest BCUT2D eigenvalue weighted by molar-refractivity contribution is 1.40. The lowest BCUT2D eigenvalue weighted by Crippen LogP contribution is -2.15. The largest absolute Gasteiger partial charge is 0.260 e. The Morgan fingerprint density at radius 3 is 2.82 bits per heavy atom. The number of aliphatic imine (C=N–C) groups is 1. The van der Waals surface area contributed by atoms with Gasteiger partial charge >= 0.3 is 0 Å². The summed E-state index contributed by atoms with van der Waals surface area (Å²) < 4.78 is 0. The smallest absolute Gasteiger partial charge is 0.0723 e. The summed E-state index contributed by atoms with van der Waals surface area (Å²) in [5, 5.41) is 2.15. The maximum absolute atomic E-state index is 4.63. The minimum atomic E-state index is 0.840. The standard InChI is InChI=1S/C15H9N2/c1-9-10-6-7-14-15(12(10)8-16-9)11-4-2-3-5-13(11)17-14/h2-8H,1H2. The van der Waals surface area contributed by atoms with Crippen LogP contribution in [-0.4, -0.2) is 6.21 Å². The first-order valence-corrected chi connectivity index (χ1v) is 5.56. The zero-order valence-electron chi connectivity index (χ0n) is 9.14. The van der Waals surface area contributed by atoms with E-state index in [1.807, 2.05) is 30.5 Å². The van der Waals surface area contributed by atoms with Gasteiger partial charge in [0.25, 0.3) is 0 Å². The molecule has 79 valence electrons. The molecule has 1 radical (unpaired) electrons. The lowest BCUT2D eigenvalue weighted by Gasteiger charge is -2.01. The molecule has 0 fully saturated rings. The fourth-order valence-corrected chi connectivity index (χ4v) is 2.49. The number of para-hydroxylation sites is 1. The molecule has 0 N–H and O–H groups in total. The Kier molecular flexibility index (Phi) is 1.52. The molecule has 0 spiro atoms. The highest BCUT2D eigenvalue weighted by Crippen LogP contribution is 2.33. The zero-order valence-corrected chi connectivity index (χ0v) is 9.14. The van der Waals surface area contributed by atoms with E-state index < -0.39 is 0 Å². The van der Waals surface area contributed by atoms with E-state index in [-0.39, 0.29) is 0 Å². The number of hydrogen-bond donors (Lipinski definition) is 0. The van der Waals surface area contributed by atoms with Crippen molar-refractivity contribution in [2.45, 2.75) is 0 Å². The summed E-state index contributed by atoms with van der Waals surface area (Å²) in [7, 11) is 0. The minimum absolute atomic E-state index is 0.840. The fraction of sp³-hybridized carbons (Fsp3) is 0. The average molecular weight is 217 g/mol. The van der Waals surface area contributed by atoms with E-state index in [1.165, 1.54) is 11.1 Å². The van der Waals surface area contributed by atoms with Gasteiger partial charge in [-0.05, 0) is 19.1 Å². The monoisotopic (exact) mass is 217 g/mol. The number of benzene rings is 2. The first-order chi connectivity index (χ1) is 8.34. The summed E-state index contributed by atoms with van der Waals surface area (Å²) in [5.74, 6) is 0. The Bertz CT molecular complexity index is 798. The molecule has 0 saturated heterocycles. The molecule has 0 saturated carbocycles. The second kappa shape index (κ2) is 2.92. The molecule has 0 aliphatic carbocycles. The average Bonchev–Trinajstić information content (AvgIpc) is 2.90. The van der Waals surface area contributed by atoms with Crippen molar-refractivity contribution in [3.63, 3.8) is 0 Å². The molecule has 17 heavy (non-hydrogen) atoms. The maximum atomic E-state index is 4.63. The van der Waals surface area contributed by atoms with Crippen molar-refractivity contribution in [2.24, 2.45) is 9.98 Å². The molecule has 0 atom stereocenters. The number of fused-ring (bicyclic) bond motifs is 5. The fourth-order valence-electron chi connectivity index (χ4n) is 2.49. The highest BCUT2D eigenvalue weighted by molar-refractivity contribution is 5.99.